The normalized spacial score (nSPS) is 10.1. The summed E-state index contributed by atoms with van der Waals surface area (Å²) in [5, 5.41) is 2.67. The van der Waals surface area contributed by atoms with E-state index in [2.05, 4.69) is 5.32 Å². The molecule has 2 aromatic carbocycles. The minimum Gasteiger partial charge on any atom is -0.496 e. The largest absolute Gasteiger partial charge is 0.496 e. The summed E-state index contributed by atoms with van der Waals surface area (Å²) in [6.07, 6.45) is 0. The molecule has 150 valence electrons. The van der Waals surface area contributed by atoms with Crippen LogP contribution in [0.3, 0.4) is 0 Å². The molecule has 2 aromatic rings. The molecule has 0 bridgehead atoms. The van der Waals surface area contributed by atoms with Gasteiger partial charge in [0.15, 0.2) is 18.1 Å². The second-order valence-electron chi connectivity index (χ2n) is 5.86. The van der Waals surface area contributed by atoms with Crippen molar-refractivity contribution in [3.8, 4) is 17.2 Å². The quantitative estimate of drug-likeness (QED) is 0.662. The van der Waals surface area contributed by atoms with Gasteiger partial charge in [-0.25, -0.2) is 4.79 Å². The highest BCUT2D eigenvalue weighted by molar-refractivity contribution is 5.97. The Morgan fingerprint density at radius 1 is 0.929 bits per heavy atom. The van der Waals surface area contributed by atoms with Crippen molar-refractivity contribution in [3.63, 3.8) is 0 Å². The molecule has 0 atom stereocenters. The minimum absolute atomic E-state index is 0.273. The van der Waals surface area contributed by atoms with Gasteiger partial charge in [0.25, 0.3) is 5.91 Å². The van der Waals surface area contributed by atoms with E-state index in [0.717, 1.165) is 5.56 Å². The highest BCUT2D eigenvalue weighted by Crippen LogP contribution is 2.30. The molecule has 0 saturated carbocycles. The van der Waals surface area contributed by atoms with Crippen LogP contribution in [0.5, 0.6) is 17.2 Å². The molecule has 7 nitrogen and oxygen atoms in total. The zero-order valence-corrected chi connectivity index (χ0v) is 16.5. The van der Waals surface area contributed by atoms with E-state index in [1.165, 1.54) is 7.11 Å². The van der Waals surface area contributed by atoms with Gasteiger partial charge >= 0.3 is 5.97 Å². The zero-order chi connectivity index (χ0) is 20.5. The molecule has 0 heterocycles. The van der Waals surface area contributed by atoms with Crippen LogP contribution in [0.4, 0.5) is 5.69 Å². The average molecular weight is 387 g/mol. The first-order valence-corrected chi connectivity index (χ1v) is 8.99. The number of benzene rings is 2. The summed E-state index contributed by atoms with van der Waals surface area (Å²) in [6, 6.07) is 10.2. The lowest BCUT2D eigenvalue weighted by atomic mass is 10.1. The number of hydrogen-bond acceptors (Lipinski definition) is 6. The van der Waals surface area contributed by atoms with Crippen LogP contribution in [0.15, 0.2) is 36.4 Å². The Morgan fingerprint density at radius 3 is 2.29 bits per heavy atom. The number of aryl methyl sites for hydroxylation is 1. The maximum absolute atomic E-state index is 12.3. The average Bonchev–Trinajstić information content (AvgIpc) is 2.68. The maximum Gasteiger partial charge on any atom is 0.342 e. The van der Waals surface area contributed by atoms with Crippen molar-refractivity contribution in [1.29, 1.82) is 0 Å². The Morgan fingerprint density at radius 2 is 1.61 bits per heavy atom. The monoisotopic (exact) mass is 387 g/mol. The molecule has 0 spiro atoms. The minimum atomic E-state index is -0.627. The first-order valence-electron chi connectivity index (χ1n) is 8.99. The fourth-order valence-electron chi connectivity index (χ4n) is 2.52. The fourth-order valence-corrected chi connectivity index (χ4v) is 2.52. The Kier molecular flexibility index (Phi) is 7.68. The Hall–Kier alpha value is -3.22. The molecule has 0 fully saturated rings. The van der Waals surface area contributed by atoms with Crippen molar-refractivity contribution < 1.29 is 28.5 Å². The summed E-state index contributed by atoms with van der Waals surface area (Å²) in [6.45, 7) is 6.14. The lowest BCUT2D eigenvalue weighted by Gasteiger charge is -2.13. The van der Waals surface area contributed by atoms with Gasteiger partial charge in [-0.3, -0.25) is 4.79 Å². The second-order valence-corrected chi connectivity index (χ2v) is 5.86. The number of methoxy groups -OCH3 is 1. The van der Waals surface area contributed by atoms with E-state index in [-0.39, 0.29) is 5.56 Å². The van der Waals surface area contributed by atoms with Crippen LogP contribution in [0, 0.1) is 6.92 Å². The predicted octanol–water partition coefficient (Wildman–Crippen LogP) is 3.60. The molecule has 0 aliphatic rings. The highest BCUT2D eigenvalue weighted by atomic mass is 16.5. The predicted molar refractivity (Wildman–Crippen MR) is 105 cm³/mol. The van der Waals surface area contributed by atoms with Crippen molar-refractivity contribution in [2.24, 2.45) is 0 Å². The van der Waals surface area contributed by atoms with Crippen LogP contribution < -0.4 is 19.5 Å². The van der Waals surface area contributed by atoms with Crippen molar-refractivity contribution in [2.45, 2.75) is 20.8 Å². The third kappa shape index (κ3) is 5.64. The number of carbonyl (C=O) groups excluding carboxylic acids is 2. The van der Waals surface area contributed by atoms with Crippen molar-refractivity contribution in [2.75, 3.05) is 32.2 Å². The topological polar surface area (TPSA) is 83.1 Å². The van der Waals surface area contributed by atoms with E-state index in [9.17, 15) is 9.59 Å². The number of nitrogens with one attached hydrogen (secondary N) is 1. The summed E-state index contributed by atoms with van der Waals surface area (Å²) >= 11 is 0. The number of esters is 1. The van der Waals surface area contributed by atoms with Crippen molar-refractivity contribution in [1.82, 2.24) is 0 Å². The molecule has 2 rings (SSSR count). The molecule has 0 aromatic heterocycles. The number of rotatable bonds is 9. The van der Waals surface area contributed by atoms with Gasteiger partial charge in [0.1, 0.15) is 11.3 Å². The molecule has 0 saturated heterocycles. The van der Waals surface area contributed by atoms with Gasteiger partial charge < -0.3 is 24.3 Å². The number of ether oxygens (including phenoxy) is 4. The Bertz CT molecular complexity index is 834. The summed E-state index contributed by atoms with van der Waals surface area (Å²) in [5.74, 6) is 0.428. The molecule has 28 heavy (non-hydrogen) atoms. The molecule has 1 N–H and O–H groups in total. The number of amides is 1. The third-order valence-corrected chi connectivity index (χ3v) is 3.74. The van der Waals surface area contributed by atoms with Gasteiger partial charge in [-0.2, -0.15) is 0 Å². The van der Waals surface area contributed by atoms with E-state index in [4.69, 9.17) is 18.9 Å². The summed E-state index contributed by atoms with van der Waals surface area (Å²) < 4.78 is 21.3. The van der Waals surface area contributed by atoms with Gasteiger partial charge in [-0.15, -0.1) is 0 Å². The fraction of sp³-hybridized carbons (Fsp3) is 0.333. The number of hydrogen-bond donors (Lipinski definition) is 1. The summed E-state index contributed by atoms with van der Waals surface area (Å²) in [4.78, 5) is 24.4. The van der Waals surface area contributed by atoms with Gasteiger partial charge in [0.05, 0.1) is 20.3 Å². The molecular weight excluding hydrogens is 362 g/mol. The maximum atomic E-state index is 12.3. The third-order valence-electron chi connectivity index (χ3n) is 3.74. The van der Waals surface area contributed by atoms with E-state index in [1.54, 1.807) is 30.3 Å². The molecule has 0 radical (unpaired) electrons. The van der Waals surface area contributed by atoms with Gasteiger partial charge in [0, 0.05) is 11.8 Å². The van der Waals surface area contributed by atoms with Crippen LogP contribution in [0.25, 0.3) is 0 Å². The summed E-state index contributed by atoms with van der Waals surface area (Å²) in [7, 11) is 1.47. The zero-order valence-electron chi connectivity index (χ0n) is 16.5. The van der Waals surface area contributed by atoms with Crippen LogP contribution in [-0.2, 0) is 9.53 Å². The lowest BCUT2D eigenvalue weighted by molar-refractivity contribution is -0.119. The van der Waals surface area contributed by atoms with Gasteiger partial charge in [-0.05, 0) is 45.0 Å². The Labute approximate surface area is 164 Å². The molecule has 0 aliphatic carbocycles. The number of carbonyl (C=O) groups is 2. The van der Waals surface area contributed by atoms with Crippen molar-refractivity contribution >= 4 is 17.6 Å². The molecule has 0 aliphatic heterocycles. The van der Waals surface area contributed by atoms with Crippen LogP contribution in [0.2, 0.25) is 0 Å². The first kappa shape index (κ1) is 21.1. The lowest BCUT2D eigenvalue weighted by Crippen LogP contribution is -2.21. The Balaban J connectivity index is 2.00. The SMILES string of the molecule is CCOc1ccc(NC(=O)COC(=O)c2cc(C)ccc2OC)cc1OCC. The van der Waals surface area contributed by atoms with Gasteiger partial charge in [0.2, 0.25) is 0 Å². The van der Waals surface area contributed by atoms with E-state index in [0.29, 0.717) is 36.1 Å². The second kappa shape index (κ2) is 10.2. The molecule has 0 unspecified atom stereocenters. The molecular formula is C21H25NO6. The van der Waals surface area contributed by atoms with E-state index in [1.807, 2.05) is 26.8 Å². The van der Waals surface area contributed by atoms with Crippen LogP contribution in [0.1, 0.15) is 29.8 Å². The smallest absolute Gasteiger partial charge is 0.342 e. The van der Waals surface area contributed by atoms with E-state index >= 15 is 0 Å². The molecule has 7 heteroatoms. The standard InChI is InChI=1S/C21H25NO6/c1-5-26-18-10-8-15(12-19(18)27-6-2)22-20(23)13-28-21(24)16-11-14(3)7-9-17(16)25-4/h7-12H,5-6,13H2,1-4H3,(H,22,23). The van der Waals surface area contributed by atoms with E-state index < -0.39 is 18.5 Å². The van der Waals surface area contributed by atoms with Crippen LogP contribution >= 0.6 is 0 Å². The van der Waals surface area contributed by atoms with Crippen LogP contribution in [-0.4, -0.2) is 38.8 Å². The first-order chi connectivity index (χ1) is 13.5. The number of anilines is 1. The summed E-state index contributed by atoms with van der Waals surface area (Å²) in [5.41, 5.74) is 1.67. The van der Waals surface area contributed by atoms with Gasteiger partial charge in [-0.1, -0.05) is 11.6 Å². The highest BCUT2D eigenvalue weighted by Gasteiger charge is 2.16. The molecule has 1 amide bonds. The van der Waals surface area contributed by atoms with Crippen molar-refractivity contribution in [3.05, 3.63) is 47.5 Å².